The topological polar surface area (TPSA) is 57.1 Å². The largest absolute Gasteiger partial charge is 0.503 e. The summed E-state index contributed by atoms with van der Waals surface area (Å²) >= 11 is 12.2. The van der Waals surface area contributed by atoms with Crippen molar-refractivity contribution in [3.05, 3.63) is 46.7 Å². The van der Waals surface area contributed by atoms with Gasteiger partial charge in [0.1, 0.15) is 12.2 Å². The second-order valence-corrected chi connectivity index (χ2v) is 5.32. The highest BCUT2D eigenvalue weighted by Crippen LogP contribution is 2.24. The van der Waals surface area contributed by atoms with Gasteiger partial charge in [0.15, 0.2) is 5.17 Å². The monoisotopic (exact) mass is 371 g/mol. The van der Waals surface area contributed by atoms with Crippen molar-refractivity contribution in [2.45, 2.75) is 13.3 Å². The van der Waals surface area contributed by atoms with E-state index in [0.29, 0.717) is 17.7 Å². The number of carbonyl (C=O) groups excluding carboxylic acids is 1. The number of methoxy groups -OCH3 is 2. The molecule has 0 aliphatic heterocycles. The van der Waals surface area contributed by atoms with Crippen molar-refractivity contribution in [3.8, 4) is 0 Å². The quantitative estimate of drug-likeness (QED) is 0.169. The Bertz CT molecular complexity index is 654. The normalized spacial score (nSPS) is 12.8. The number of allylic oxidation sites excluding steroid dienone is 1. The molecule has 7 heteroatoms. The van der Waals surface area contributed by atoms with Gasteiger partial charge in [0.2, 0.25) is 0 Å². The number of oxime groups is 1. The average molecular weight is 372 g/mol. The third-order valence-electron chi connectivity index (χ3n) is 2.81. The van der Waals surface area contributed by atoms with Gasteiger partial charge < -0.3 is 14.3 Å². The standard InChI is InChI=1S/C17H19Cl2NO4/c1-4-9-24-20-16(19)15(18)10-12-7-5-6-8-13(12)14(11-22-2)17(21)23-3/h5-8,10-11H,4,9H2,1-3H3/b14-11+,15-10?,20-16-. The molecule has 24 heavy (non-hydrogen) atoms. The van der Waals surface area contributed by atoms with E-state index >= 15 is 0 Å². The lowest BCUT2D eigenvalue weighted by Crippen LogP contribution is -2.06. The first-order valence-electron chi connectivity index (χ1n) is 7.18. The van der Waals surface area contributed by atoms with Crippen LogP contribution in [0.2, 0.25) is 0 Å². The number of hydrogen-bond donors (Lipinski definition) is 0. The minimum absolute atomic E-state index is 0.0234. The minimum atomic E-state index is -0.528. The Morgan fingerprint density at radius 3 is 2.58 bits per heavy atom. The molecule has 0 bridgehead atoms. The summed E-state index contributed by atoms with van der Waals surface area (Å²) in [5.74, 6) is -0.528. The molecule has 130 valence electrons. The van der Waals surface area contributed by atoms with Gasteiger partial charge in [-0.1, -0.05) is 59.5 Å². The van der Waals surface area contributed by atoms with Crippen LogP contribution in [0.25, 0.3) is 11.6 Å². The molecule has 0 saturated heterocycles. The number of halogens is 2. The molecule has 0 saturated carbocycles. The lowest BCUT2D eigenvalue weighted by molar-refractivity contribution is -0.133. The van der Waals surface area contributed by atoms with Crippen LogP contribution < -0.4 is 0 Å². The lowest BCUT2D eigenvalue weighted by Gasteiger charge is -2.09. The van der Waals surface area contributed by atoms with E-state index in [9.17, 15) is 4.79 Å². The smallest absolute Gasteiger partial charge is 0.341 e. The molecule has 0 aromatic heterocycles. The van der Waals surface area contributed by atoms with Crippen LogP contribution in [-0.4, -0.2) is 32.0 Å². The second-order valence-electron chi connectivity index (χ2n) is 4.55. The SMILES string of the molecule is CCCO/N=C(\Cl)C(Cl)=Cc1ccccc1/C(=C\OC)C(=O)OC. The Balaban J connectivity index is 3.22. The fourth-order valence-corrected chi connectivity index (χ4v) is 2.01. The maximum Gasteiger partial charge on any atom is 0.341 e. The Hall–Kier alpha value is -1.98. The van der Waals surface area contributed by atoms with Gasteiger partial charge >= 0.3 is 5.97 Å². The number of benzene rings is 1. The summed E-state index contributed by atoms with van der Waals surface area (Å²) in [6.07, 6.45) is 3.71. The van der Waals surface area contributed by atoms with Crippen LogP contribution in [0.1, 0.15) is 24.5 Å². The Morgan fingerprint density at radius 2 is 1.96 bits per heavy atom. The molecule has 0 N–H and O–H groups in total. The zero-order valence-electron chi connectivity index (χ0n) is 13.7. The van der Waals surface area contributed by atoms with E-state index in [1.54, 1.807) is 30.3 Å². The summed E-state index contributed by atoms with van der Waals surface area (Å²) in [6.45, 7) is 2.40. The van der Waals surface area contributed by atoms with Crippen LogP contribution in [0.5, 0.6) is 0 Å². The van der Waals surface area contributed by atoms with Crippen LogP contribution in [0.15, 0.2) is 40.7 Å². The maximum atomic E-state index is 12.0. The highest BCUT2D eigenvalue weighted by atomic mass is 35.5. The molecule has 5 nitrogen and oxygen atoms in total. The summed E-state index contributed by atoms with van der Waals surface area (Å²) in [7, 11) is 2.74. The van der Waals surface area contributed by atoms with E-state index < -0.39 is 5.97 Å². The number of hydrogen-bond acceptors (Lipinski definition) is 5. The zero-order chi connectivity index (χ0) is 17.9. The lowest BCUT2D eigenvalue weighted by atomic mass is 10.00. The molecule has 0 aliphatic rings. The van der Waals surface area contributed by atoms with Gasteiger partial charge in [-0.2, -0.15) is 0 Å². The van der Waals surface area contributed by atoms with Crippen LogP contribution in [-0.2, 0) is 19.1 Å². The Labute approximate surface area is 151 Å². The summed E-state index contributed by atoms with van der Waals surface area (Å²) in [5.41, 5.74) is 1.50. The summed E-state index contributed by atoms with van der Waals surface area (Å²) < 4.78 is 9.75. The van der Waals surface area contributed by atoms with E-state index in [2.05, 4.69) is 5.16 Å². The molecule has 0 amide bonds. The molecule has 0 fully saturated rings. The molecule has 0 atom stereocenters. The van der Waals surface area contributed by atoms with Gasteiger partial charge in [0, 0.05) is 0 Å². The number of esters is 1. The predicted molar refractivity (Wildman–Crippen MR) is 96.8 cm³/mol. The summed E-state index contributed by atoms with van der Waals surface area (Å²) in [5, 5.41) is 3.93. The third-order valence-corrected chi connectivity index (χ3v) is 3.47. The number of nitrogens with zero attached hydrogens (tertiary/aromatic N) is 1. The predicted octanol–water partition coefficient (Wildman–Crippen LogP) is 4.41. The van der Waals surface area contributed by atoms with Crippen molar-refractivity contribution in [3.63, 3.8) is 0 Å². The molecule has 0 unspecified atom stereocenters. The first-order valence-corrected chi connectivity index (χ1v) is 7.94. The molecular formula is C17H19Cl2NO4. The molecule has 0 heterocycles. The number of carbonyl (C=O) groups is 1. The van der Waals surface area contributed by atoms with Crippen molar-refractivity contribution in [1.29, 1.82) is 0 Å². The van der Waals surface area contributed by atoms with Crippen molar-refractivity contribution >= 4 is 46.0 Å². The second kappa shape index (κ2) is 10.7. The van der Waals surface area contributed by atoms with E-state index in [0.717, 1.165) is 6.42 Å². The van der Waals surface area contributed by atoms with Crippen LogP contribution in [0.4, 0.5) is 0 Å². The molecule has 1 rings (SSSR count). The van der Waals surface area contributed by atoms with Gasteiger partial charge in [-0.25, -0.2) is 4.79 Å². The number of ether oxygens (including phenoxy) is 2. The van der Waals surface area contributed by atoms with Gasteiger partial charge in [-0.3, -0.25) is 0 Å². The minimum Gasteiger partial charge on any atom is -0.503 e. The van der Waals surface area contributed by atoms with E-state index in [1.165, 1.54) is 20.5 Å². The van der Waals surface area contributed by atoms with E-state index in [1.807, 2.05) is 6.92 Å². The highest BCUT2D eigenvalue weighted by molar-refractivity contribution is 6.76. The first-order chi connectivity index (χ1) is 11.5. The van der Waals surface area contributed by atoms with Crippen LogP contribution in [0.3, 0.4) is 0 Å². The zero-order valence-corrected chi connectivity index (χ0v) is 15.2. The molecule has 0 aliphatic carbocycles. The van der Waals surface area contributed by atoms with Crippen molar-refractivity contribution in [2.24, 2.45) is 5.16 Å². The summed E-state index contributed by atoms with van der Waals surface area (Å²) in [6, 6.07) is 7.12. The van der Waals surface area contributed by atoms with Crippen molar-refractivity contribution in [2.75, 3.05) is 20.8 Å². The Kier molecular flexibility index (Phi) is 8.97. The van der Waals surface area contributed by atoms with E-state index in [4.69, 9.17) is 37.5 Å². The third kappa shape index (κ3) is 5.91. The maximum absolute atomic E-state index is 12.0. The number of rotatable bonds is 8. The highest BCUT2D eigenvalue weighted by Gasteiger charge is 2.16. The molecule has 1 aromatic carbocycles. The van der Waals surface area contributed by atoms with Crippen molar-refractivity contribution in [1.82, 2.24) is 0 Å². The van der Waals surface area contributed by atoms with Crippen LogP contribution in [0, 0.1) is 0 Å². The van der Waals surface area contributed by atoms with E-state index in [-0.39, 0.29) is 15.8 Å². The van der Waals surface area contributed by atoms with Gasteiger partial charge in [0.25, 0.3) is 0 Å². The van der Waals surface area contributed by atoms with Gasteiger partial charge in [-0.15, -0.1) is 0 Å². The van der Waals surface area contributed by atoms with Crippen LogP contribution >= 0.6 is 23.2 Å². The fourth-order valence-electron chi connectivity index (χ4n) is 1.75. The molecule has 0 spiro atoms. The van der Waals surface area contributed by atoms with Gasteiger partial charge in [0.05, 0.1) is 25.5 Å². The average Bonchev–Trinajstić information content (AvgIpc) is 2.59. The van der Waals surface area contributed by atoms with Gasteiger partial charge in [-0.05, 0) is 23.6 Å². The van der Waals surface area contributed by atoms with Crippen molar-refractivity contribution < 1.29 is 19.1 Å². The summed E-state index contributed by atoms with van der Waals surface area (Å²) in [4.78, 5) is 17.0. The molecule has 0 radical (unpaired) electrons. The first kappa shape index (κ1) is 20.1. The fraction of sp³-hybridized carbons (Fsp3) is 0.294. The molecule has 1 aromatic rings. The Morgan fingerprint density at radius 1 is 1.25 bits per heavy atom. The molecular weight excluding hydrogens is 353 g/mol.